The fourth-order valence-electron chi connectivity index (χ4n) is 3.19. The molecular formula is C22H26O12. The van der Waals surface area contributed by atoms with Gasteiger partial charge in [-0.05, 0) is 12.1 Å². The van der Waals surface area contributed by atoms with Gasteiger partial charge in [0.15, 0.2) is 12.2 Å². The van der Waals surface area contributed by atoms with Crippen molar-refractivity contribution in [1.29, 1.82) is 0 Å². The Hall–Kier alpha value is -3.67. The van der Waals surface area contributed by atoms with Gasteiger partial charge < -0.3 is 33.2 Å². The van der Waals surface area contributed by atoms with E-state index in [1.807, 2.05) is 0 Å². The van der Waals surface area contributed by atoms with E-state index in [0.29, 0.717) is 0 Å². The zero-order valence-electron chi connectivity index (χ0n) is 19.3. The number of hydrogen-bond donors (Lipinski definition) is 0. The lowest BCUT2D eigenvalue weighted by atomic mass is 9.98. The zero-order chi connectivity index (χ0) is 25.4. The van der Waals surface area contributed by atoms with Crippen molar-refractivity contribution >= 4 is 29.8 Å². The van der Waals surface area contributed by atoms with Crippen LogP contribution in [-0.4, -0.2) is 67.2 Å². The van der Waals surface area contributed by atoms with Gasteiger partial charge in [0, 0.05) is 40.7 Å². The number of benzene rings is 1. The summed E-state index contributed by atoms with van der Waals surface area (Å²) in [6, 6.07) is 5.96. The molecule has 0 aromatic heterocycles. The first-order valence-corrected chi connectivity index (χ1v) is 10.2. The van der Waals surface area contributed by atoms with Gasteiger partial charge in [-0.2, -0.15) is 0 Å². The molecule has 1 aromatic carbocycles. The number of carbonyl (C=O) groups excluding carboxylic acids is 5. The molecular weight excluding hydrogens is 456 g/mol. The average Bonchev–Trinajstić information content (AvgIpc) is 2.69. The molecule has 12 heteroatoms. The lowest BCUT2D eigenvalue weighted by Gasteiger charge is -2.43. The van der Waals surface area contributed by atoms with Crippen LogP contribution in [0.3, 0.4) is 0 Å². The molecule has 186 valence electrons. The van der Waals surface area contributed by atoms with E-state index in [-0.39, 0.29) is 18.1 Å². The van der Waals surface area contributed by atoms with E-state index in [9.17, 15) is 24.0 Å². The van der Waals surface area contributed by atoms with Crippen LogP contribution in [0, 0.1) is 0 Å². The molecule has 0 unspecified atom stereocenters. The first kappa shape index (κ1) is 26.6. The lowest BCUT2D eigenvalue weighted by Crippen LogP contribution is -2.63. The standard InChI is InChI=1S/C22H26O12/c1-11(23)28-10-18-19(30-13(3)25)20(31-14(4)26)21(32-15(5)27)22(34-18)33-17-8-6-7-16(9-17)29-12(2)24/h6-9,18-22H,10H2,1-5H3/t18-,19-,20+,21-,22-/m1/s1. The highest BCUT2D eigenvalue weighted by Crippen LogP contribution is 2.31. The van der Waals surface area contributed by atoms with E-state index < -0.39 is 60.6 Å². The summed E-state index contributed by atoms with van der Waals surface area (Å²) in [5, 5.41) is 0. The van der Waals surface area contributed by atoms with Gasteiger partial charge in [-0.25, -0.2) is 0 Å². The molecule has 0 N–H and O–H groups in total. The summed E-state index contributed by atoms with van der Waals surface area (Å²) in [7, 11) is 0. The number of esters is 5. The minimum atomic E-state index is -1.40. The van der Waals surface area contributed by atoms with Gasteiger partial charge in [-0.1, -0.05) is 6.07 Å². The molecule has 2 rings (SSSR count). The van der Waals surface area contributed by atoms with Crippen molar-refractivity contribution in [2.45, 2.75) is 65.3 Å². The summed E-state index contributed by atoms with van der Waals surface area (Å²) in [5.74, 6) is -3.12. The van der Waals surface area contributed by atoms with Gasteiger partial charge >= 0.3 is 29.8 Å². The molecule has 1 aromatic rings. The Bertz CT molecular complexity index is 926. The highest BCUT2D eigenvalue weighted by Gasteiger charge is 2.53. The van der Waals surface area contributed by atoms with Crippen LogP contribution >= 0.6 is 0 Å². The predicted molar refractivity (Wildman–Crippen MR) is 110 cm³/mol. The Labute approximate surface area is 195 Å². The maximum absolute atomic E-state index is 11.8. The zero-order valence-corrected chi connectivity index (χ0v) is 19.3. The SMILES string of the molecule is CC(=O)OC[C@H]1O[C@@H](Oc2cccc(OC(C)=O)c2)[C@H](OC(C)=O)[C@@H](OC(C)=O)[C@@H]1OC(C)=O. The van der Waals surface area contributed by atoms with Crippen LogP contribution in [-0.2, 0) is 47.7 Å². The summed E-state index contributed by atoms with van der Waals surface area (Å²) in [5.41, 5.74) is 0. The monoisotopic (exact) mass is 482 g/mol. The molecule has 34 heavy (non-hydrogen) atoms. The number of carbonyl (C=O) groups is 5. The summed E-state index contributed by atoms with van der Waals surface area (Å²) < 4.78 is 37.7. The van der Waals surface area contributed by atoms with Crippen LogP contribution in [0.4, 0.5) is 0 Å². The van der Waals surface area contributed by atoms with E-state index in [2.05, 4.69) is 0 Å². The van der Waals surface area contributed by atoms with Crippen molar-refractivity contribution in [2.24, 2.45) is 0 Å². The van der Waals surface area contributed by atoms with E-state index in [1.54, 1.807) is 6.07 Å². The molecule has 1 aliphatic rings. The van der Waals surface area contributed by atoms with Gasteiger partial charge in [0.25, 0.3) is 0 Å². The molecule has 0 spiro atoms. The average molecular weight is 482 g/mol. The third-order valence-electron chi connectivity index (χ3n) is 4.27. The van der Waals surface area contributed by atoms with E-state index in [4.69, 9.17) is 33.2 Å². The molecule has 1 aliphatic heterocycles. The highest BCUT2D eigenvalue weighted by atomic mass is 16.7. The van der Waals surface area contributed by atoms with Gasteiger partial charge in [0.2, 0.25) is 12.4 Å². The molecule has 0 amide bonds. The number of rotatable bonds is 8. The molecule has 0 bridgehead atoms. The van der Waals surface area contributed by atoms with Crippen molar-refractivity contribution in [3.63, 3.8) is 0 Å². The smallest absolute Gasteiger partial charge is 0.308 e. The Morgan fingerprint density at radius 1 is 0.735 bits per heavy atom. The van der Waals surface area contributed by atoms with E-state index >= 15 is 0 Å². The van der Waals surface area contributed by atoms with Crippen LogP contribution in [0.25, 0.3) is 0 Å². The molecule has 1 heterocycles. The quantitative estimate of drug-likeness (QED) is 0.296. The second kappa shape index (κ2) is 12.0. The van der Waals surface area contributed by atoms with Crippen molar-refractivity contribution in [2.75, 3.05) is 6.61 Å². The molecule has 12 nitrogen and oxygen atoms in total. The molecule has 0 saturated carbocycles. The maximum Gasteiger partial charge on any atom is 0.308 e. The number of hydrogen-bond acceptors (Lipinski definition) is 12. The highest BCUT2D eigenvalue weighted by molar-refractivity contribution is 5.70. The summed E-state index contributed by atoms with van der Waals surface area (Å²) >= 11 is 0. The van der Waals surface area contributed by atoms with Gasteiger partial charge in [-0.3, -0.25) is 24.0 Å². The summed E-state index contributed by atoms with van der Waals surface area (Å²) in [6.45, 7) is 5.37. The van der Waals surface area contributed by atoms with Gasteiger partial charge in [0.1, 0.15) is 24.2 Å². The van der Waals surface area contributed by atoms with Crippen LogP contribution < -0.4 is 9.47 Å². The second-order valence-electron chi connectivity index (χ2n) is 7.25. The fraction of sp³-hybridized carbons (Fsp3) is 0.500. The van der Waals surface area contributed by atoms with Crippen LogP contribution in [0.5, 0.6) is 11.5 Å². The molecule has 1 saturated heterocycles. The third kappa shape index (κ3) is 8.03. The molecule has 0 radical (unpaired) electrons. The van der Waals surface area contributed by atoms with Gasteiger partial charge in [0.05, 0.1) is 0 Å². The van der Waals surface area contributed by atoms with Crippen molar-refractivity contribution < 1.29 is 57.1 Å². The van der Waals surface area contributed by atoms with Crippen LogP contribution in [0.2, 0.25) is 0 Å². The first-order valence-electron chi connectivity index (χ1n) is 10.2. The van der Waals surface area contributed by atoms with Gasteiger partial charge in [-0.15, -0.1) is 0 Å². The first-order chi connectivity index (χ1) is 16.0. The van der Waals surface area contributed by atoms with Crippen LogP contribution in [0.1, 0.15) is 34.6 Å². The number of ether oxygens (including phenoxy) is 7. The lowest BCUT2D eigenvalue weighted by molar-refractivity contribution is -0.288. The predicted octanol–water partition coefficient (Wildman–Crippen LogP) is 1.07. The second-order valence-corrected chi connectivity index (χ2v) is 7.25. The molecule has 0 aliphatic carbocycles. The van der Waals surface area contributed by atoms with Crippen molar-refractivity contribution in [3.8, 4) is 11.5 Å². The Kier molecular flexibility index (Phi) is 9.36. The topological polar surface area (TPSA) is 150 Å². The maximum atomic E-state index is 11.8. The van der Waals surface area contributed by atoms with Crippen molar-refractivity contribution in [3.05, 3.63) is 24.3 Å². The third-order valence-corrected chi connectivity index (χ3v) is 4.27. The largest absolute Gasteiger partial charge is 0.463 e. The minimum absolute atomic E-state index is 0.152. The van der Waals surface area contributed by atoms with Crippen molar-refractivity contribution in [1.82, 2.24) is 0 Å². The Balaban J connectivity index is 2.45. The summed E-state index contributed by atoms with van der Waals surface area (Å²) in [4.78, 5) is 58.0. The van der Waals surface area contributed by atoms with E-state index in [0.717, 1.165) is 20.8 Å². The minimum Gasteiger partial charge on any atom is -0.463 e. The Morgan fingerprint density at radius 2 is 1.29 bits per heavy atom. The van der Waals surface area contributed by atoms with Crippen LogP contribution in [0.15, 0.2) is 24.3 Å². The normalized spacial score (nSPS) is 23.7. The van der Waals surface area contributed by atoms with E-state index in [1.165, 1.54) is 32.0 Å². The fourth-order valence-corrected chi connectivity index (χ4v) is 3.19. The summed E-state index contributed by atoms with van der Waals surface area (Å²) in [6.07, 6.45) is -6.57. The molecule has 5 atom stereocenters. The Morgan fingerprint density at radius 3 is 1.85 bits per heavy atom. The molecule has 1 fully saturated rings.